The van der Waals surface area contributed by atoms with Gasteiger partial charge in [0.1, 0.15) is 0 Å². The summed E-state index contributed by atoms with van der Waals surface area (Å²) in [5.41, 5.74) is 3.44. The molecule has 6 nitrogen and oxygen atoms in total. The van der Waals surface area contributed by atoms with Gasteiger partial charge in [0.25, 0.3) is 0 Å². The third-order valence-electron chi connectivity index (χ3n) is 6.36. The van der Waals surface area contributed by atoms with Crippen molar-refractivity contribution in [3.05, 3.63) is 68.1 Å². The van der Waals surface area contributed by atoms with Crippen molar-refractivity contribution in [3.8, 4) is 0 Å². The number of nitrogens with zero attached hydrogens (tertiary/aromatic N) is 2. The summed E-state index contributed by atoms with van der Waals surface area (Å²) in [5, 5.41) is 1.20. The molecule has 3 aromatic rings. The molecule has 1 amide bonds. The van der Waals surface area contributed by atoms with Crippen LogP contribution in [0, 0.1) is 11.8 Å². The molecule has 3 heterocycles. The van der Waals surface area contributed by atoms with Gasteiger partial charge in [-0.1, -0.05) is 29.3 Å². The van der Waals surface area contributed by atoms with E-state index in [1.165, 1.54) is 0 Å². The fraction of sp³-hybridized carbons (Fsp3) is 0.391. The van der Waals surface area contributed by atoms with Crippen LogP contribution in [0.1, 0.15) is 17.5 Å². The van der Waals surface area contributed by atoms with Crippen LogP contribution in [0.3, 0.4) is 0 Å². The van der Waals surface area contributed by atoms with Crippen molar-refractivity contribution < 1.29 is 9.21 Å². The lowest BCUT2D eigenvalue weighted by molar-refractivity contribution is -0.130. The van der Waals surface area contributed by atoms with Crippen molar-refractivity contribution in [2.24, 2.45) is 11.8 Å². The van der Waals surface area contributed by atoms with Gasteiger partial charge in [-0.3, -0.25) is 14.7 Å². The normalized spacial score (nSPS) is 21.2. The number of oxazole rings is 1. The molecule has 2 aliphatic heterocycles. The Labute approximate surface area is 189 Å². The number of hydrogen-bond donors (Lipinski definition) is 1. The smallest absolute Gasteiger partial charge is 0.408 e. The summed E-state index contributed by atoms with van der Waals surface area (Å²) in [6.07, 6.45) is 1.12. The first-order valence-electron chi connectivity index (χ1n) is 10.5. The summed E-state index contributed by atoms with van der Waals surface area (Å²) in [6.45, 7) is 4.42. The highest BCUT2D eigenvalue weighted by molar-refractivity contribution is 6.34. The number of aromatic amines is 1. The largest absolute Gasteiger partial charge is 0.417 e. The molecule has 31 heavy (non-hydrogen) atoms. The highest BCUT2D eigenvalue weighted by atomic mass is 35.5. The van der Waals surface area contributed by atoms with Gasteiger partial charge in [-0.15, -0.1) is 0 Å². The molecule has 0 aliphatic carbocycles. The van der Waals surface area contributed by atoms with Gasteiger partial charge < -0.3 is 9.32 Å². The van der Waals surface area contributed by atoms with Gasteiger partial charge in [0.05, 0.1) is 5.52 Å². The second-order valence-electron chi connectivity index (χ2n) is 8.64. The molecule has 2 saturated heterocycles. The number of rotatable bonds is 5. The van der Waals surface area contributed by atoms with Gasteiger partial charge in [-0.2, -0.15) is 0 Å². The number of carbonyl (C=O) groups excluding carboxylic acids is 1. The molecule has 2 atom stereocenters. The third-order valence-corrected chi connectivity index (χ3v) is 6.79. The average molecular weight is 460 g/mol. The molecule has 162 valence electrons. The fourth-order valence-corrected chi connectivity index (χ4v) is 5.51. The predicted octanol–water partition coefficient (Wildman–Crippen LogP) is 3.95. The lowest BCUT2D eigenvalue weighted by Crippen LogP contribution is -2.33. The molecule has 5 rings (SSSR count). The molecule has 1 N–H and O–H groups in total. The second kappa shape index (κ2) is 8.34. The van der Waals surface area contributed by atoms with E-state index in [2.05, 4.69) is 9.88 Å². The van der Waals surface area contributed by atoms with Crippen molar-refractivity contribution in [2.75, 3.05) is 26.2 Å². The standard InChI is InChI=1S/C23H23Cl2N3O3/c24-18-5-14(6-19(25)8-18)2-4-22(29)28-12-16-10-27(11-17(16)13-28)9-15-1-3-20-21(7-15)31-23(30)26-20/h1,3,5-8,16-17H,2,4,9-13H2,(H,26,30). The number of fused-ring (bicyclic) bond motifs is 2. The van der Waals surface area contributed by atoms with E-state index in [4.69, 9.17) is 27.6 Å². The number of hydrogen-bond acceptors (Lipinski definition) is 4. The Hall–Kier alpha value is -2.28. The molecular formula is C23H23Cl2N3O3. The van der Waals surface area contributed by atoms with Crippen molar-refractivity contribution in [2.45, 2.75) is 19.4 Å². The van der Waals surface area contributed by atoms with Gasteiger partial charge in [-0.05, 0) is 59.7 Å². The minimum atomic E-state index is -0.425. The van der Waals surface area contributed by atoms with Crippen LogP contribution in [-0.2, 0) is 17.8 Å². The van der Waals surface area contributed by atoms with Crippen molar-refractivity contribution in [1.82, 2.24) is 14.8 Å². The molecule has 2 unspecified atom stereocenters. The Morgan fingerprint density at radius 1 is 1.00 bits per heavy atom. The molecule has 0 radical (unpaired) electrons. The Morgan fingerprint density at radius 2 is 1.71 bits per heavy atom. The van der Waals surface area contributed by atoms with Crippen LogP contribution in [0.15, 0.2) is 45.6 Å². The highest BCUT2D eigenvalue weighted by Crippen LogP contribution is 2.32. The molecule has 8 heteroatoms. The summed E-state index contributed by atoms with van der Waals surface area (Å²) >= 11 is 12.1. The Morgan fingerprint density at radius 3 is 2.42 bits per heavy atom. The number of nitrogens with one attached hydrogen (secondary N) is 1. The van der Waals surface area contributed by atoms with E-state index in [1.54, 1.807) is 6.07 Å². The number of carbonyl (C=O) groups is 1. The molecule has 2 aromatic carbocycles. The molecule has 2 aliphatic rings. The number of halogens is 2. The van der Waals surface area contributed by atoms with E-state index in [0.717, 1.165) is 49.4 Å². The van der Waals surface area contributed by atoms with Gasteiger partial charge in [0, 0.05) is 49.2 Å². The van der Waals surface area contributed by atoms with Gasteiger partial charge in [0.15, 0.2) is 5.58 Å². The molecule has 0 saturated carbocycles. The molecular weight excluding hydrogens is 437 g/mol. The van der Waals surface area contributed by atoms with Crippen molar-refractivity contribution in [3.63, 3.8) is 0 Å². The molecule has 2 fully saturated rings. The zero-order chi connectivity index (χ0) is 21.5. The summed E-state index contributed by atoms with van der Waals surface area (Å²) in [4.78, 5) is 31.2. The first kappa shape index (κ1) is 20.6. The lowest BCUT2D eigenvalue weighted by Gasteiger charge is -2.22. The summed E-state index contributed by atoms with van der Waals surface area (Å²) in [7, 11) is 0. The monoisotopic (exact) mass is 459 g/mol. The van der Waals surface area contributed by atoms with E-state index in [-0.39, 0.29) is 5.91 Å². The number of benzene rings is 2. The second-order valence-corrected chi connectivity index (χ2v) is 9.51. The highest BCUT2D eigenvalue weighted by Gasteiger charge is 2.41. The fourth-order valence-electron chi connectivity index (χ4n) is 4.93. The first-order valence-corrected chi connectivity index (χ1v) is 11.3. The van der Waals surface area contributed by atoms with Gasteiger partial charge in [0.2, 0.25) is 5.91 Å². The minimum Gasteiger partial charge on any atom is -0.408 e. The third kappa shape index (κ3) is 4.52. The number of aromatic nitrogens is 1. The quantitative estimate of drug-likeness (QED) is 0.626. The van der Waals surface area contributed by atoms with Crippen LogP contribution < -0.4 is 5.76 Å². The van der Waals surface area contributed by atoms with Crippen LogP contribution >= 0.6 is 23.2 Å². The summed E-state index contributed by atoms with van der Waals surface area (Å²) < 4.78 is 5.17. The van der Waals surface area contributed by atoms with Crippen LogP contribution in [-0.4, -0.2) is 46.9 Å². The van der Waals surface area contributed by atoms with Gasteiger partial charge in [-0.25, -0.2) is 4.79 Å². The first-order chi connectivity index (χ1) is 14.9. The Bertz CT molecular complexity index is 1150. The van der Waals surface area contributed by atoms with E-state index in [9.17, 15) is 9.59 Å². The van der Waals surface area contributed by atoms with E-state index in [0.29, 0.717) is 40.3 Å². The van der Waals surface area contributed by atoms with Crippen LogP contribution in [0.4, 0.5) is 0 Å². The maximum Gasteiger partial charge on any atom is 0.417 e. The molecule has 1 aromatic heterocycles. The topological polar surface area (TPSA) is 69.6 Å². The number of H-pyrrole nitrogens is 1. The molecule has 0 spiro atoms. The Balaban J connectivity index is 1.14. The van der Waals surface area contributed by atoms with E-state index >= 15 is 0 Å². The number of amides is 1. The SMILES string of the molecule is O=C(CCc1cc(Cl)cc(Cl)c1)N1CC2CN(Cc3ccc4[nH]c(=O)oc4c3)CC2C1. The number of likely N-dealkylation sites (tertiary alicyclic amines) is 2. The number of aryl methyl sites for hydroxylation is 1. The Kier molecular flexibility index (Phi) is 5.54. The average Bonchev–Trinajstić information content (AvgIpc) is 3.37. The zero-order valence-electron chi connectivity index (χ0n) is 16.9. The van der Waals surface area contributed by atoms with Crippen LogP contribution in [0.2, 0.25) is 10.0 Å². The maximum absolute atomic E-state index is 12.7. The van der Waals surface area contributed by atoms with Gasteiger partial charge >= 0.3 is 5.76 Å². The van der Waals surface area contributed by atoms with Crippen molar-refractivity contribution in [1.29, 1.82) is 0 Å². The van der Waals surface area contributed by atoms with Crippen LogP contribution in [0.5, 0.6) is 0 Å². The van der Waals surface area contributed by atoms with E-state index < -0.39 is 5.76 Å². The van der Waals surface area contributed by atoms with Crippen molar-refractivity contribution >= 4 is 40.2 Å². The lowest BCUT2D eigenvalue weighted by atomic mass is 10.0. The predicted molar refractivity (Wildman–Crippen MR) is 120 cm³/mol. The minimum absolute atomic E-state index is 0.199. The van der Waals surface area contributed by atoms with E-state index in [1.807, 2.05) is 35.2 Å². The maximum atomic E-state index is 12.7. The van der Waals surface area contributed by atoms with Crippen LogP contribution in [0.25, 0.3) is 11.1 Å². The summed E-state index contributed by atoms with van der Waals surface area (Å²) in [6, 6.07) is 11.3. The molecule has 0 bridgehead atoms. The zero-order valence-corrected chi connectivity index (χ0v) is 18.5. The summed E-state index contributed by atoms with van der Waals surface area (Å²) in [5.74, 6) is 0.799.